The Morgan fingerprint density at radius 3 is 2.61 bits per heavy atom. The van der Waals surface area contributed by atoms with Gasteiger partial charge in [-0.2, -0.15) is 0 Å². The molecule has 2 amide bonds. The van der Waals surface area contributed by atoms with E-state index in [2.05, 4.69) is 39.7 Å². The van der Waals surface area contributed by atoms with Crippen molar-refractivity contribution >= 4 is 51.6 Å². The van der Waals surface area contributed by atoms with Gasteiger partial charge in [-0.05, 0) is 36.6 Å². The van der Waals surface area contributed by atoms with Gasteiger partial charge in [0.15, 0.2) is 16.1 Å². The summed E-state index contributed by atoms with van der Waals surface area (Å²) in [6, 6.07) is 6.41. The molecule has 0 bridgehead atoms. The van der Waals surface area contributed by atoms with Crippen LogP contribution in [0.15, 0.2) is 41.0 Å². The lowest BCUT2D eigenvalue weighted by atomic mass is 10.0. The van der Waals surface area contributed by atoms with Crippen LogP contribution in [-0.2, 0) is 11.8 Å². The van der Waals surface area contributed by atoms with Crippen molar-refractivity contribution in [3.63, 3.8) is 0 Å². The Labute approximate surface area is 193 Å². The molecule has 0 radical (unpaired) electrons. The second-order valence-electron chi connectivity index (χ2n) is 7.24. The highest BCUT2D eigenvalue weighted by Gasteiger charge is 2.23. The predicted octanol–water partition coefficient (Wildman–Crippen LogP) is 4.17. The molecule has 11 heteroatoms. The molecule has 0 aliphatic rings. The van der Waals surface area contributed by atoms with E-state index in [1.165, 1.54) is 23.1 Å². The topological polar surface area (TPSA) is 102 Å². The maximum Gasteiger partial charge on any atom is 0.251 e. The summed E-state index contributed by atoms with van der Waals surface area (Å²) >= 11 is 8.55. The van der Waals surface area contributed by atoms with Crippen molar-refractivity contribution in [3.8, 4) is 0 Å². The number of aromatic nitrogens is 4. The normalized spacial score (nSPS) is 12.0. The third kappa shape index (κ3) is 6.52. The fourth-order valence-corrected chi connectivity index (χ4v) is 4.26. The van der Waals surface area contributed by atoms with Gasteiger partial charge < -0.3 is 15.2 Å². The van der Waals surface area contributed by atoms with Gasteiger partial charge >= 0.3 is 0 Å². The molecule has 0 aliphatic heterocycles. The van der Waals surface area contributed by atoms with Gasteiger partial charge in [-0.1, -0.05) is 37.2 Å². The number of thioether (sulfide) groups is 1. The van der Waals surface area contributed by atoms with Crippen molar-refractivity contribution in [1.29, 1.82) is 0 Å². The van der Waals surface area contributed by atoms with E-state index in [0.29, 0.717) is 39.0 Å². The molecular weight excluding hydrogens is 456 g/mol. The first-order valence-corrected chi connectivity index (χ1v) is 11.9. The smallest absolute Gasteiger partial charge is 0.251 e. The summed E-state index contributed by atoms with van der Waals surface area (Å²) in [4.78, 5) is 28.9. The lowest BCUT2D eigenvalue weighted by molar-refractivity contribution is -0.113. The zero-order valence-corrected chi connectivity index (χ0v) is 19.7. The quantitative estimate of drug-likeness (QED) is 0.447. The van der Waals surface area contributed by atoms with E-state index < -0.39 is 0 Å². The first-order valence-electron chi connectivity index (χ1n) is 9.61. The molecule has 1 atom stereocenters. The predicted molar refractivity (Wildman–Crippen MR) is 124 cm³/mol. The monoisotopic (exact) mass is 478 g/mol. The molecule has 1 aromatic carbocycles. The highest BCUT2D eigenvalue weighted by Crippen LogP contribution is 2.24. The number of rotatable bonds is 9. The maximum absolute atomic E-state index is 12.7. The van der Waals surface area contributed by atoms with Gasteiger partial charge in [-0.25, -0.2) is 4.98 Å². The Hall–Kier alpha value is -2.43. The van der Waals surface area contributed by atoms with Gasteiger partial charge in [0, 0.05) is 29.2 Å². The van der Waals surface area contributed by atoms with Crippen LogP contribution in [-0.4, -0.2) is 37.3 Å². The molecule has 0 saturated carbocycles. The van der Waals surface area contributed by atoms with E-state index in [-0.39, 0.29) is 23.6 Å². The van der Waals surface area contributed by atoms with Crippen LogP contribution >= 0.6 is 34.7 Å². The highest BCUT2D eigenvalue weighted by atomic mass is 35.5. The fraction of sp³-hybridized carbons (Fsp3) is 0.350. The van der Waals surface area contributed by atoms with Crippen LogP contribution in [0.3, 0.4) is 0 Å². The highest BCUT2D eigenvalue weighted by molar-refractivity contribution is 7.99. The van der Waals surface area contributed by atoms with Gasteiger partial charge in [-0.15, -0.1) is 21.5 Å². The van der Waals surface area contributed by atoms with E-state index in [1.807, 2.05) is 11.6 Å². The number of nitrogens with zero attached hydrogens (tertiary/aromatic N) is 4. The van der Waals surface area contributed by atoms with Crippen LogP contribution in [0.2, 0.25) is 5.02 Å². The van der Waals surface area contributed by atoms with E-state index in [9.17, 15) is 9.59 Å². The number of amides is 2. The van der Waals surface area contributed by atoms with Crippen molar-refractivity contribution in [2.24, 2.45) is 13.0 Å². The summed E-state index contributed by atoms with van der Waals surface area (Å²) in [5, 5.41) is 17.8. The van der Waals surface area contributed by atoms with Gasteiger partial charge in [0.2, 0.25) is 5.91 Å². The zero-order valence-electron chi connectivity index (χ0n) is 17.3. The molecule has 0 aliphatic carbocycles. The fourth-order valence-electron chi connectivity index (χ4n) is 2.87. The van der Waals surface area contributed by atoms with Crippen molar-refractivity contribution < 1.29 is 9.59 Å². The molecule has 0 fully saturated rings. The van der Waals surface area contributed by atoms with E-state index in [0.717, 1.165) is 0 Å². The minimum Gasteiger partial charge on any atom is -0.342 e. The molecule has 3 rings (SSSR count). The number of anilines is 1. The van der Waals surface area contributed by atoms with Crippen molar-refractivity contribution in [1.82, 2.24) is 25.1 Å². The minimum atomic E-state index is -0.320. The van der Waals surface area contributed by atoms with E-state index in [4.69, 9.17) is 11.6 Å². The third-order valence-corrected chi connectivity index (χ3v) is 6.27. The second kappa shape index (κ2) is 10.7. The number of nitrogens with one attached hydrogen (secondary N) is 2. The Kier molecular flexibility index (Phi) is 8.05. The largest absolute Gasteiger partial charge is 0.342 e. The van der Waals surface area contributed by atoms with Gasteiger partial charge in [0.05, 0.1) is 11.8 Å². The molecule has 2 heterocycles. The Balaban J connectivity index is 1.68. The standard InChI is InChI=1S/C20H23ClN6O2S2/c1-12(2)10-15(23-18(29)13-4-6-14(21)7-5-13)17-25-26-20(27(17)3)31-11-16(28)24-19-22-8-9-30-19/h4-9,12,15H,10-11H2,1-3H3,(H,23,29)(H,22,24,28)/t15-/m0/s1. The number of carbonyl (C=O) groups excluding carboxylic acids is 2. The van der Waals surface area contributed by atoms with Crippen molar-refractivity contribution in [3.05, 3.63) is 52.3 Å². The van der Waals surface area contributed by atoms with Crippen LogP contribution in [0.25, 0.3) is 0 Å². The SMILES string of the molecule is CC(C)C[C@H](NC(=O)c1ccc(Cl)cc1)c1nnc(SCC(=O)Nc2nccs2)n1C. The Bertz CT molecular complexity index is 1020. The molecule has 0 spiro atoms. The summed E-state index contributed by atoms with van der Waals surface area (Å²) in [6.07, 6.45) is 2.33. The van der Waals surface area contributed by atoms with Gasteiger partial charge in [0.1, 0.15) is 0 Å². The summed E-state index contributed by atoms with van der Waals surface area (Å²) in [6.45, 7) is 4.16. The summed E-state index contributed by atoms with van der Waals surface area (Å²) in [5.41, 5.74) is 0.522. The summed E-state index contributed by atoms with van der Waals surface area (Å²) in [5.74, 6) is 0.769. The molecule has 2 N–H and O–H groups in total. The number of hydrogen-bond donors (Lipinski definition) is 2. The van der Waals surface area contributed by atoms with Gasteiger partial charge in [-0.3, -0.25) is 9.59 Å². The first-order chi connectivity index (χ1) is 14.8. The number of carbonyl (C=O) groups is 2. The van der Waals surface area contributed by atoms with Crippen LogP contribution in [0, 0.1) is 5.92 Å². The summed E-state index contributed by atoms with van der Waals surface area (Å²) < 4.78 is 1.82. The number of halogens is 1. The van der Waals surface area contributed by atoms with Crippen molar-refractivity contribution in [2.75, 3.05) is 11.1 Å². The molecule has 164 valence electrons. The molecule has 0 unspecified atom stereocenters. The number of thiazole rings is 1. The van der Waals surface area contributed by atoms with Crippen LogP contribution in [0.1, 0.15) is 42.5 Å². The Morgan fingerprint density at radius 1 is 1.23 bits per heavy atom. The first kappa shape index (κ1) is 23.2. The molecule has 8 nitrogen and oxygen atoms in total. The van der Waals surface area contributed by atoms with Crippen LogP contribution in [0.4, 0.5) is 5.13 Å². The van der Waals surface area contributed by atoms with E-state index in [1.54, 1.807) is 35.8 Å². The zero-order chi connectivity index (χ0) is 22.4. The Morgan fingerprint density at radius 2 is 1.97 bits per heavy atom. The molecule has 2 aromatic heterocycles. The molecular formula is C20H23ClN6O2S2. The van der Waals surface area contributed by atoms with Crippen LogP contribution in [0.5, 0.6) is 0 Å². The number of benzene rings is 1. The molecule has 31 heavy (non-hydrogen) atoms. The van der Waals surface area contributed by atoms with Crippen LogP contribution < -0.4 is 10.6 Å². The molecule has 0 saturated heterocycles. The average Bonchev–Trinajstić information content (AvgIpc) is 3.35. The average molecular weight is 479 g/mol. The van der Waals surface area contributed by atoms with E-state index >= 15 is 0 Å². The second-order valence-corrected chi connectivity index (χ2v) is 9.51. The lowest BCUT2D eigenvalue weighted by Crippen LogP contribution is -2.31. The summed E-state index contributed by atoms with van der Waals surface area (Å²) in [7, 11) is 1.83. The third-order valence-electron chi connectivity index (χ3n) is 4.31. The lowest BCUT2D eigenvalue weighted by Gasteiger charge is -2.20. The molecule has 3 aromatic rings. The van der Waals surface area contributed by atoms with Crippen molar-refractivity contribution in [2.45, 2.75) is 31.5 Å². The minimum absolute atomic E-state index is 0.167. The number of hydrogen-bond acceptors (Lipinski definition) is 7. The van der Waals surface area contributed by atoms with Gasteiger partial charge in [0.25, 0.3) is 5.91 Å². The maximum atomic E-state index is 12.7.